The van der Waals surface area contributed by atoms with Gasteiger partial charge >= 0.3 is 0 Å². The Bertz CT molecular complexity index is 2160. The lowest BCUT2D eigenvalue weighted by atomic mass is 9.89. The third-order valence-corrected chi connectivity index (χ3v) is 8.96. The highest BCUT2D eigenvalue weighted by molar-refractivity contribution is 7.13. The molecule has 0 unspecified atom stereocenters. The van der Waals surface area contributed by atoms with Gasteiger partial charge in [0.1, 0.15) is 0 Å². The van der Waals surface area contributed by atoms with Gasteiger partial charge in [-0.05, 0) is 38.7 Å². The third-order valence-electron chi connectivity index (χ3n) is 7.32. The molecule has 8 heteroatoms. The Morgan fingerprint density at radius 2 is 0.905 bits per heavy atom. The van der Waals surface area contributed by atoms with Crippen LogP contribution in [0.3, 0.4) is 0 Å². The van der Waals surface area contributed by atoms with Crippen LogP contribution in [0.15, 0.2) is 121 Å². The van der Waals surface area contributed by atoms with Gasteiger partial charge < -0.3 is 0 Å². The van der Waals surface area contributed by atoms with E-state index in [0.717, 1.165) is 64.7 Å². The Kier molecular flexibility index (Phi) is 6.05. The van der Waals surface area contributed by atoms with Crippen LogP contribution in [0.1, 0.15) is 0 Å². The summed E-state index contributed by atoms with van der Waals surface area (Å²) in [6.07, 6.45) is 11.2. The molecule has 4 aromatic carbocycles. The maximum absolute atomic E-state index is 4.88. The van der Waals surface area contributed by atoms with Crippen molar-refractivity contribution in [3.63, 3.8) is 0 Å². The molecule has 0 bridgehead atoms. The third kappa shape index (κ3) is 4.25. The Labute approximate surface area is 249 Å². The van der Waals surface area contributed by atoms with E-state index >= 15 is 0 Å². The number of rotatable bonds is 5. The van der Waals surface area contributed by atoms with E-state index in [4.69, 9.17) is 19.9 Å². The molecule has 0 aliphatic carbocycles. The molecule has 8 rings (SSSR count). The lowest BCUT2D eigenvalue weighted by Gasteiger charge is -2.17. The van der Waals surface area contributed by atoms with Crippen LogP contribution < -0.4 is 0 Å². The molecule has 4 heterocycles. The second-order valence-corrected chi connectivity index (χ2v) is 11.5. The Hall–Kier alpha value is -5.18. The normalized spacial score (nSPS) is 11.3. The molecule has 4 aromatic heterocycles. The minimum atomic E-state index is 0.669. The van der Waals surface area contributed by atoms with Gasteiger partial charge in [0.05, 0.1) is 20.8 Å². The summed E-state index contributed by atoms with van der Waals surface area (Å²) in [5.74, 6) is 1.34. The minimum Gasteiger partial charge on any atom is -0.252 e. The van der Waals surface area contributed by atoms with E-state index in [0.29, 0.717) is 11.6 Å². The zero-order valence-corrected chi connectivity index (χ0v) is 23.7. The van der Waals surface area contributed by atoms with E-state index in [2.05, 4.69) is 76.7 Å². The molecule has 198 valence electrons. The van der Waals surface area contributed by atoms with Gasteiger partial charge in [-0.1, -0.05) is 66.7 Å². The van der Waals surface area contributed by atoms with Crippen molar-refractivity contribution in [1.29, 1.82) is 0 Å². The van der Waals surface area contributed by atoms with E-state index in [9.17, 15) is 0 Å². The van der Waals surface area contributed by atoms with Crippen LogP contribution in [0.4, 0.5) is 0 Å². The minimum absolute atomic E-state index is 0.669. The molecule has 0 saturated carbocycles. The molecule has 0 saturated heterocycles. The highest BCUT2D eigenvalue weighted by Crippen LogP contribution is 2.43. The van der Waals surface area contributed by atoms with Gasteiger partial charge in [-0.15, -0.1) is 22.7 Å². The Balaban J connectivity index is 1.40. The fraction of sp³-hybridized carbons (Fsp3) is 0. The largest absolute Gasteiger partial charge is 0.252 e. The quantitative estimate of drug-likeness (QED) is 0.191. The summed E-state index contributed by atoms with van der Waals surface area (Å²) in [4.78, 5) is 30.0. The zero-order chi connectivity index (χ0) is 27.9. The molecule has 0 radical (unpaired) electrons. The van der Waals surface area contributed by atoms with Crippen molar-refractivity contribution in [3.05, 3.63) is 121 Å². The van der Waals surface area contributed by atoms with Gasteiger partial charge in [0, 0.05) is 59.4 Å². The molecule has 42 heavy (non-hydrogen) atoms. The van der Waals surface area contributed by atoms with Crippen LogP contribution in [0.2, 0.25) is 0 Å². The van der Waals surface area contributed by atoms with Crippen LogP contribution in [0.25, 0.3) is 76.3 Å². The average molecular weight is 577 g/mol. The van der Waals surface area contributed by atoms with Gasteiger partial charge in [-0.2, -0.15) is 0 Å². The van der Waals surface area contributed by atoms with Gasteiger partial charge in [-0.3, -0.25) is 9.97 Å². The number of thiazole rings is 2. The highest BCUT2D eigenvalue weighted by atomic mass is 32.1. The number of benzene rings is 4. The molecule has 6 nitrogen and oxygen atoms in total. The van der Waals surface area contributed by atoms with Gasteiger partial charge in [0.25, 0.3) is 0 Å². The van der Waals surface area contributed by atoms with Crippen LogP contribution in [-0.4, -0.2) is 29.9 Å². The molecule has 0 aliphatic heterocycles. The van der Waals surface area contributed by atoms with Crippen molar-refractivity contribution < 1.29 is 0 Å². The number of hydrogen-bond donors (Lipinski definition) is 0. The van der Waals surface area contributed by atoms with Crippen LogP contribution in [-0.2, 0) is 0 Å². The first-order valence-electron chi connectivity index (χ1n) is 13.3. The maximum atomic E-state index is 4.88. The predicted octanol–water partition coefficient (Wildman–Crippen LogP) is 8.82. The molecule has 0 spiro atoms. The Morgan fingerprint density at radius 3 is 1.43 bits per heavy atom. The van der Waals surface area contributed by atoms with E-state index in [1.54, 1.807) is 22.7 Å². The summed E-state index contributed by atoms with van der Waals surface area (Å²) in [7, 11) is 0. The number of fused-ring (bicyclic) bond motifs is 2. The number of aromatic nitrogens is 6. The molecule has 0 aliphatic rings. The fourth-order valence-corrected chi connectivity index (χ4v) is 6.55. The molecule has 0 amide bonds. The topological polar surface area (TPSA) is 77.3 Å². The fourth-order valence-electron chi connectivity index (χ4n) is 5.36. The molecule has 0 fully saturated rings. The van der Waals surface area contributed by atoms with Crippen molar-refractivity contribution in [1.82, 2.24) is 29.9 Å². The molecular weight excluding hydrogens is 557 g/mol. The summed E-state index contributed by atoms with van der Waals surface area (Å²) in [5, 5.41) is 4.19. The highest BCUT2D eigenvalue weighted by Gasteiger charge is 2.20. The summed E-state index contributed by atoms with van der Waals surface area (Å²) >= 11 is 3.15. The first kappa shape index (κ1) is 24.6. The number of hydrogen-bond acceptors (Lipinski definition) is 8. The molecule has 0 N–H and O–H groups in total. The van der Waals surface area contributed by atoms with Crippen molar-refractivity contribution in [2.45, 2.75) is 0 Å². The van der Waals surface area contributed by atoms with Gasteiger partial charge in [0.2, 0.25) is 0 Å². The second kappa shape index (κ2) is 10.3. The summed E-state index contributed by atoms with van der Waals surface area (Å²) < 4.78 is 0. The lowest BCUT2D eigenvalue weighted by Crippen LogP contribution is -1.97. The summed E-state index contributed by atoms with van der Waals surface area (Å²) in [6, 6.07) is 25.4. The van der Waals surface area contributed by atoms with Gasteiger partial charge in [0.15, 0.2) is 11.6 Å². The summed E-state index contributed by atoms with van der Waals surface area (Å²) in [5.41, 5.74) is 9.78. The van der Waals surface area contributed by atoms with Crippen LogP contribution in [0, 0.1) is 0 Å². The van der Waals surface area contributed by atoms with E-state index in [1.807, 2.05) is 54.3 Å². The van der Waals surface area contributed by atoms with Crippen molar-refractivity contribution in [2.75, 3.05) is 0 Å². The molecule has 8 aromatic rings. The van der Waals surface area contributed by atoms with Crippen LogP contribution in [0.5, 0.6) is 0 Å². The van der Waals surface area contributed by atoms with E-state index in [1.165, 1.54) is 0 Å². The SMILES string of the molecule is c1ccc(-c2ccc3c(-c4ncc(-c5cncs5)cn4)c4ccccc4c(-c4ncc(-c5cncs5)cn4)c3c2)cc1. The molecular formula is C34H20N6S2. The number of nitrogens with zero attached hydrogens (tertiary/aromatic N) is 6. The zero-order valence-electron chi connectivity index (χ0n) is 22.0. The molecule has 0 atom stereocenters. The standard InChI is InChI=1S/C34H20N6S2/c1-2-6-21(7-3-1)22-10-11-27-28(12-22)32(34-39-15-24(16-40-34)30-18-36-20-42-30)26-9-5-4-8-25(26)31(27)33-37-13-23(14-38-33)29-17-35-19-41-29/h1-20H. The average Bonchev–Trinajstić information content (AvgIpc) is 3.80. The Morgan fingerprint density at radius 1 is 0.405 bits per heavy atom. The summed E-state index contributed by atoms with van der Waals surface area (Å²) in [6.45, 7) is 0. The van der Waals surface area contributed by atoms with E-state index in [-0.39, 0.29) is 0 Å². The smallest absolute Gasteiger partial charge is 0.160 e. The van der Waals surface area contributed by atoms with Crippen LogP contribution >= 0.6 is 22.7 Å². The van der Waals surface area contributed by atoms with Gasteiger partial charge in [-0.25, -0.2) is 19.9 Å². The van der Waals surface area contributed by atoms with Crippen molar-refractivity contribution in [2.24, 2.45) is 0 Å². The van der Waals surface area contributed by atoms with Crippen molar-refractivity contribution in [3.8, 4) is 54.8 Å². The second-order valence-electron chi connectivity index (χ2n) is 9.74. The van der Waals surface area contributed by atoms with Crippen molar-refractivity contribution >= 4 is 44.2 Å². The lowest BCUT2D eigenvalue weighted by molar-refractivity contribution is 1.18. The first-order chi connectivity index (χ1) is 20.8. The first-order valence-corrected chi connectivity index (χ1v) is 15.1. The maximum Gasteiger partial charge on any atom is 0.160 e. The van der Waals surface area contributed by atoms with E-state index < -0.39 is 0 Å². The monoisotopic (exact) mass is 576 g/mol. The predicted molar refractivity (Wildman–Crippen MR) is 171 cm³/mol.